The van der Waals surface area contributed by atoms with Gasteiger partial charge in [0, 0.05) is 20.1 Å². The maximum Gasteiger partial charge on any atom is 0.239 e. The topological polar surface area (TPSA) is 61.4 Å². The summed E-state index contributed by atoms with van der Waals surface area (Å²) in [5.74, 6) is 0.519. The Bertz CT molecular complexity index is 292. The van der Waals surface area contributed by atoms with Gasteiger partial charge in [-0.3, -0.25) is 14.9 Å². The van der Waals surface area contributed by atoms with Crippen molar-refractivity contribution in [3.63, 3.8) is 0 Å². The molecule has 0 aliphatic carbocycles. The Balaban J connectivity index is 4.10. The molecule has 0 aromatic heterocycles. The van der Waals surface area contributed by atoms with E-state index in [9.17, 15) is 9.59 Å². The molecular weight excluding hydrogens is 242 g/mol. The fourth-order valence-corrected chi connectivity index (χ4v) is 1.65. The first-order valence-corrected chi connectivity index (χ1v) is 7.08. The van der Waals surface area contributed by atoms with Gasteiger partial charge in [-0.2, -0.15) is 0 Å². The van der Waals surface area contributed by atoms with Gasteiger partial charge in [0.1, 0.15) is 0 Å². The van der Waals surface area contributed by atoms with Crippen molar-refractivity contribution in [2.45, 2.75) is 53.1 Å². The number of amides is 2. The molecule has 0 saturated carbocycles. The van der Waals surface area contributed by atoms with Gasteiger partial charge >= 0.3 is 0 Å². The Kier molecular flexibility index (Phi) is 8.39. The SMILES string of the molecule is CCN(C)C(=O)C(C)NC(C)C(=O)NCCC(C)C. The van der Waals surface area contributed by atoms with Gasteiger partial charge in [0.15, 0.2) is 0 Å². The second-order valence-corrected chi connectivity index (χ2v) is 5.44. The summed E-state index contributed by atoms with van der Waals surface area (Å²) in [6.07, 6.45) is 0.964. The van der Waals surface area contributed by atoms with Crippen molar-refractivity contribution in [3.05, 3.63) is 0 Å². The average Bonchev–Trinajstić information content (AvgIpc) is 2.35. The van der Waals surface area contributed by atoms with Gasteiger partial charge in [0.05, 0.1) is 12.1 Å². The second-order valence-electron chi connectivity index (χ2n) is 5.44. The zero-order valence-corrected chi connectivity index (χ0v) is 13.1. The molecule has 0 aromatic rings. The number of hydrogen-bond donors (Lipinski definition) is 2. The molecule has 0 aliphatic heterocycles. The normalized spacial score (nSPS) is 14.1. The van der Waals surface area contributed by atoms with E-state index in [-0.39, 0.29) is 23.9 Å². The predicted molar refractivity (Wildman–Crippen MR) is 77.8 cm³/mol. The molecule has 0 rings (SSSR count). The van der Waals surface area contributed by atoms with E-state index in [0.717, 1.165) is 6.42 Å². The highest BCUT2D eigenvalue weighted by Crippen LogP contribution is 1.97. The van der Waals surface area contributed by atoms with Gasteiger partial charge in [-0.1, -0.05) is 13.8 Å². The maximum atomic E-state index is 11.9. The lowest BCUT2D eigenvalue weighted by molar-refractivity contribution is -0.132. The summed E-state index contributed by atoms with van der Waals surface area (Å²) in [4.78, 5) is 25.3. The zero-order chi connectivity index (χ0) is 15.0. The van der Waals surface area contributed by atoms with Crippen LogP contribution in [0.4, 0.5) is 0 Å². The van der Waals surface area contributed by atoms with E-state index in [1.807, 2.05) is 6.92 Å². The summed E-state index contributed by atoms with van der Waals surface area (Å²) in [5, 5.41) is 5.90. The molecule has 0 aliphatic rings. The number of nitrogens with one attached hydrogen (secondary N) is 2. The summed E-state index contributed by atoms with van der Waals surface area (Å²) < 4.78 is 0. The van der Waals surface area contributed by atoms with Crippen molar-refractivity contribution in [2.24, 2.45) is 5.92 Å². The summed E-state index contributed by atoms with van der Waals surface area (Å²) in [6.45, 7) is 11.1. The van der Waals surface area contributed by atoms with Crippen molar-refractivity contribution >= 4 is 11.8 Å². The Morgan fingerprint density at radius 1 is 1.11 bits per heavy atom. The quantitative estimate of drug-likeness (QED) is 0.692. The molecular formula is C14H29N3O2. The van der Waals surface area contributed by atoms with Crippen molar-refractivity contribution in [1.29, 1.82) is 0 Å². The van der Waals surface area contributed by atoms with Gasteiger partial charge in [-0.25, -0.2) is 0 Å². The minimum Gasteiger partial charge on any atom is -0.355 e. The average molecular weight is 271 g/mol. The van der Waals surface area contributed by atoms with Crippen molar-refractivity contribution in [3.8, 4) is 0 Å². The molecule has 0 saturated heterocycles. The first-order chi connectivity index (χ1) is 8.79. The van der Waals surface area contributed by atoms with E-state index < -0.39 is 0 Å². The molecule has 19 heavy (non-hydrogen) atoms. The third kappa shape index (κ3) is 7.15. The Hall–Kier alpha value is -1.10. The van der Waals surface area contributed by atoms with E-state index >= 15 is 0 Å². The first-order valence-electron chi connectivity index (χ1n) is 7.08. The summed E-state index contributed by atoms with van der Waals surface area (Å²) in [6, 6.07) is -0.716. The van der Waals surface area contributed by atoms with Crippen LogP contribution in [0.2, 0.25) is 0 Å². The molecule has 0 aromatic carbocycles. The van der Waals surface area contributed by atoms with Crippen LogP contribution in [0.5, 0.6) is 0 Å². The first kappa shape index (κ1) is 17.9. The molecule has 2 amide bonds. The van der Waals surface area contributed by atoms with Gasteiger partial charge in [0.25, 0.3) is 0 Å². The number of hydrogen-bond acceptors (Lipinski definition) is 3. The third-order valence-electron chi connectivity index (χ3n) is 3.14. The summed E-state index contributed by atoms with van der Waals surface area (Å²) in [5.41, 5.74) is 0. The highest BCUT2D eigenvalue weighted by atomic mass is 16.2. The molecule has 0 heterocycles. The van der Waals surface area contributed by atoms with Crippen molar-refractivity contribution in [2.75, 3.05) is 20.1 Å². The molecule has 2 atom stereocenters. The van der Waals surface area contributed by atoms with E-state index in [0.29, 0.717) is 19.0 Å². The molecule has 0 bridgehead atoms. The Morgan fingerprint density at radius 3 is 2.16 bits per heavy atom. The van der Waals surface area contributed by atoms with Crippen LogP contribution in [0.15, 0.2) is 0 Å². The van der Waals surface area contributed by atoms with Crippen LogP contribution in [0.25, 0.3) is 0 Å². The van der Waals surface area contributed by atoms with Crippen LogP contribution in [0.3, 0.4) is 0 Å². The lowest BCUT2D eigenvalue weighted by Gasteiger charge is -2.23. The number of likely N-dealkylation sites (N-methyl/N-ethyl adjacent to an activating group) is 1. The van der Waals surface area contributed by atoms with Gasteiger partial charge < -0.3 is 10.2 Å². The van der Waals surface area contributed by atoms with Crippen LogP contribution in [-0.2, 0) is 9.59 Å². The Labute approximate surface area is 117 Å². The fraction of sp³-hybridized carbons (Fsp3) is 0.857. The largest absolute Gasteiger partial charge is 0.355 e. The highest BCUT2D eigenvalue weighted by molar-refractivity contribution is 5.84. The van der Waals surface area contributed by atoms with E-state index in [4.69, 9.17) is 0 Å². The van der Waals surface area contributed by atoms with Crippen LogP contribution in [0.1, 0.15) is 41.0 Å². The zero-order valence-electron chi connectivity index (χ0n) is 13.1. The minimum absolute atomic E-state index is 0.00401. The number of carbonyl (C=O) groups excluding carboxylic acids is 2. The number of carbonyl (C=O) groups is 2. The minimum atomic E-state index is -0.364. The number of nitrogens with zero attached hydrogens (tertiary/aromatic N) is 1. The molecule has 0 spiro atoms. The monoisotopic (exact) mass is 271 g/mol. The van der Waals surface area contributed by atoms with Crippen LogP contribution >= 0.6 is 0 Å². The predicted octanol–water partition coefficient (Wildman–Crippen LogP) is 0.994. The van der Waals surface area contributed by atoms with E-state index in [2.05, 4.69) is 24.5 Å². The molecule has 5 heteroatoms. The van der Waals surface area contributed by atoms with E-state index in [1.54, 1.807) is 25.8 Å². The highest BCUT2D eigenvalue weighted by Gasteiger charge is 2.21. The van der Waals surface area contributed by atoms with Gasteiger partial charge in [0.2, 0.25) is 11.8 Å². The number of rotatable bonds is 8. The fourth-order valence-electron chi connectivity index (χ4n) is 1.65. The van der Waals surface area contributed by atoms with Crippen molar-refractivity contribution in [1.82, 2.24) is 15.5 Å². The van der Waals surface area contributed by atoms with E-state index in [1.165, 1.54) is 0 Å². The van der Waals surface area contributed by atoms with Crippen LogP contribution < -0.4 is 10.6 Å². The molecule has 0 radical (unpaired) electrons. The molecule has 5 nitrogen and oxygen atoms in total. The lowest BCUT2D eigenvalue weighted by Crippen LogP contribution is -2.51. The second kappa shape index (κ2) is 8.91. The third-order valence-corrected chi connectivity index (χ3v) is 3.14. The Morgan fingerprint density at radius 2 is 1.68 bits per heavy atom. The standard InChI is InChI=1S/C14H29N3O2/c1-7-17(6)14(19)12(5)16-11(4)13(18)15-9-8-10(2)3/h10-12,16H,7-9H2,1-6H3,(H,15,18). The molecule has 0 fully saturated rings. The maximum absolute atomic E-state index is 11.9. The van der Waals surface area contributed by atoms with Crippen molar-refractivity contribution < 1.29 is 9.59 Å². The summed E-state index contributed by atoms with van der Waals surface area (Å²) >= 11 is 0. The van der Waals surface area contributed by atoms with Crippen LogP contribution in [-0.4, -0.2) is 48.9 Å². The van der Waals surface area contributed by atoms with Gasteiger partial charge in [-0.15, -0.1) is 0 Å². The molecule has 112 valence electrons. The van der Waals surface area contributed by atoms with Crippen LogP contribution in [0, 0.1) is 5.92 Å². The smallest absolute Gasteiger partial charge is 0.239 e. The lowest BCUT2D eigenvalue weighted by atomic mass is 10.1. The molecule has 2 unspecified atom stereocenters. The molecule has 2 N–H and O–H groups in total. The summed E-state index contributed by atoms with van der Waals surface area (Å²) in [7, 11) is 1.76. The van der Waals surface area contributed by atoms with Gasteiger partial charge in [-0.05, 0) is 33.1 Å².